The third kappa shape index (κ3) is 2.66. The van der Waals surface area contributed by atoms with Crippen molar-refractivity contribution in [2.75, 3.05) is 5.73 Å². The van der Waals surface area contributed by atoms with Crippen LogP contribution < -0.4 is 11.5 Å². The number of aliphatic carboxylic acids is 1. The van der Waals surface area contributed by atoms with E-state index in [1.165, 1.54) is 0 Å². The van der Waals surface area contributed by atoms with Crippen LogP contribution in [-0.4, -0.2) is 22.1 Å². The van der Waals surface area contributed by atoms with E-state index in [9.17, 15) is 4.79 Å². The molecule has 0 bridgehead atoms. The Morgan fingerprint density at radius 1 is 1.60 bits per heavy atom. The number of carboxylic acids is 1. The molecule has 5 N–H and O–H groups in total. The molecular weight excluding hydrogens is 194 g/mol. The van der Waals surface area contributed by atoms with Gasteiger partial charge in [-0.15, -0.1) is 0 Å². The number of aromatic nitrogens is 1. The quantitative estimate of drug-likeness (QED) is 0.661. The van der Waals surface area contributed by atoms with Gasteiger partial charge < -0.3 is 16.6 Å². The molecule has 1 atom stereocenters. The third-order valence-corrected chi connectivity index (χ3v) is 2.32. The number of nitrogens with zero attached hydrogens (tertiary/aromatic N) is 1. The van der Waals surface area contributed by atoms with Gasteiger partial charge in [-0.3, -0.25) is 4.79 Å². The van der Waals surface area contributed by atoms with Gasteiger partial charge in [-0.1, -0.05) is 0 Å². The molecule has 1 heterocycles. The van der Waals surface area contributed by atoms with Crippen molar-refractivity contribution in [1.82, 2.24) is 4.98 Å². The summed E-state index contributed by atoms with van der Waals surface area (Å²) < 4.78 is 0. The number of rotatable bonds is 3. The molecule has 0 radical (unpaired) electrons. The second-order valence-corrected chi connectivity index (χ2v) is 3.58. The molecule has 0 aliphatic heterocycles. The predicted molar refractivity (Wildman–Crippen MR) is 57.4 cm³/mol. The Labute approximate surface area is 88.1 Å². The van der Waals surface area contributed by atoms with E-state index in [2.05, 4.69) is 4.98 Å². The lowest BCUT2D eigenvalue weighted by Crippen LogP contribution is -2.32. The Hall–Kier alpha value is -1.62. The van der Waals surface area contributed by atoms with Gasteiger partial charge in [0.25, 0.3) is 0 Å². The Morgan fingerprint density at radius 2 is 2.20 bits per heavy atom. The van der Waals surface area contributed by atoms with Gasteiger partial charge in [0.1, 0.15) is 11.9 Å². The van der Waals surface area contributed by atoms with Gasteiger partial charge in [0, 0.05) is 12.1 Å². The molecule has 0 fully saturated rings. The average Bonchev–Trinajstić information content (AvgIpc) is 2.10. The summed E-state index contributed by atoms with van der Waals surface area (Å²) in [7, 11) is 0. The summed E-state index contributed by atoms with van der Waals surface area (Å²) in [5.74, 6) is -0.566. The molecule has 5 heteroatoms. The molecule has 0 aliphatic carbocycles. The Bertz CT molecular complexity index is 367. The molecule has 0 unspecified atom stereocenters. The van der Waals surface area contributed by atoms with Gasteiger partial charge in [0.2, 0.25) is 0 Å². The van der Waals surface area contributed by atoms with E-state index in [1.54, 1.807) is 13.0 Å². The average molecular weight is 209 g/mol. The van der Waals surface area contributed by atoms with Crippen molar-refractivity contribution in [1.29, 1.82) is 0 Å². The number of carboxylic acid groups (broad SMARTS) is 1. The summed E-state index contributed by atoms with van der Waals surface area (Å²) in [6.45, 7) is 3.67. The van der Waals surface area contributed by atoms with Crippen LogP contribution in [0.15, 0.2) is 6.07 Å². The van der Waals surface area contributed by atoms with Crippen LogP contribution in [0.5, 0.6) is 0 Å². The topological polar surface area (TPSA) is 102 Å². The molecular formula is C10H15N3O2. The number of nitrogens with two attached hydrogens (primary N) is 2. The molecule has 5 nitrogen and oxygen atoms in total. The van der Waals surface area contributed by atoms with E-state index >= 15 is 0 Å². The summed E-state index contributed by atoms with van der Waals surface area (Å²) in [5.41, 5.74) is 13.6. The number of anilines is 1. The number of carbonyl (C=O) groups is 1. The van der Waals surface area contributed by atoms with Crippen LogP contribution in [0.1, 0.15) is 16.8 Å². The van der Waals surface area contributed by atoms with Gasteiger partial charge in [-0.2, -0.15) is 0 Å². The fraction of sp³-hybridized carbons (Fsp3) is 0.400. The molecule has 1 rings (SSSR count). The maximum Gasteiger partial charge on any atom is 0.320 e. The molecule has 0 aromatic carbocycles. The molecule has 0 amide bonds. The van der Waals surface area contributed by atoms with Crippen LogP contribution in [0.2, 0.25) is 0 Å². The van der Waals surface area contributed by atoms with Crippen molar-refractivity contribution in [2.24, 2.45) is 5.73 Å². The third-order valence-electron chi connectivity index (χ3n) is 2.32. The predicted octanol–water partition coefficient (Wildman–Crippen LogP) is 0.235. The monoisotopic (exact) mass is 209 g/mol. The van der Waals surface area contributed by atoms with Crippen molar-refractivity contribution in [3.05, 3.63) is 22.9 Å². The number of hydrogen-bond donors (Lipinski definition) is 3. The van der Waals surface area contributed by atoms with Crippen LogP contribution in [0.25, 0.3) is 0 Å². The van der Waals surface area contributed by atoms with E-state index in [0.717, 1.165) is 16.8 Å². The van der Waals surface area contributed by atoms with Gasteiger partial charge in [-0.25, -0.2) is 4.98 Å². The first-order chi connectivity index (χ1) is 6.91. The van der Waals surface area contributed by atoms with E-state index < -0.39 is 12.0 Å². The fourth-order valence-corrected chi connectivity index (χ4v) is 1.50. The first-order valence-corrected chi connectivity index (χ1v) is 4.62. The maximum absolute atomic E-state index is 10.6. The zero-order valence-corrected chi connectivity index (χ0v) is 8.82. The van der Waals surface area contributed by atoms with Crippen molar-refractivity contribution in [3.63, 3.8) is 0 Å². The van der Waals surface area contributed by atoms with Crippen LogP contribution in [0.3, 0.4) is 0 Å². The minimum atomic E-state index is -1.01. The number of hydrogen-bond acceptors (Lipinski definition) is 4. The molecule has 0 spiro atoms. The second kappa shape index (κ2) is 4.27. The van der Waals surface area contributed by atoms with Crippen molar-refractivity contribution >= 4 is 11.8 Å². The summed E-state index contributed by atoms with van der Waals surface area (Å²) >= 11 is 0. The number of pyridine rings is 1. The highest BCUT2D eigenvalue weighted by Gasteiger charge is 2.15. The summed E-state index contributed by atoms with van der Waals surface area (Å²) in [6, 6.07) is 0.824. The highest BCUT2D eigenvalue weighted by Crippen LogP contribution is 2.16. The normalized spacial score (nSPS) is 12.5. The molecule has 0 saturated carbocycles. The van der Waals surface area contributed by atoms with E-state index in [4.69, 9.17) is 16.6 Å². The molecule has 82 valence electrons. The minimum Gasteiger partial charge on any atom is -0.480 e. The Morgan fingerprint density at radius 3 is 2.67 bits per heavy atom. The first kappa shape index (κ1) is 11.5. The minimum absolute atomic E-state index is 0.278. The van der Waals surface area contributed by atoms with Gasteiger partial charge >= 0.3 is 5.97 Å². The van der Waals surface area contributed by atoms with E-state index in [-0.39, 0.29) is 6.42 Å². The standard InChI is InChI=1S/C10H15N3O2/c1-5-3-9(12)13-6(2)7(5)4-8(11)10(14)15/h3,8H,4,11H2,1-2H3,(H2,12,13)(H,14,15)/t8-/m1/s1. The molecule has 0 aliphatic rings. The maximum atomic E-state index is 10.6. The summed E-state index contributed by atoms with van der Waals surface area (Å²) in [5, 5.41) is 8.71. The highest BCUT2D eigenvalue weighted by molar-refractivity contribution is 5.73. The van der Waals surface area contributed by atoms with Crippen molar-refractivity contribution < 1.29 is 9.90 Å². The molecule has 1 aromatic rings. The summed E-state index contributed by atoms with van der Waals surface area (Å²) in [4.78, 5) is 14.7. The molecule has 1 aromatic heterocycles. The fourth-order valence-electron chi connectivity index (χ4n) is 1.50. The van der Waals surface area contributed by atoms with Crippen molar-refractivity contribution in [3.8, 4) is 0 Å². The molecule has 0 saturated heterocycles. The van der Waals surface area contributed by atoms with E-state index in [0.29, 0.717) is 5.82 Å². The summed E-state index contributed by atoms with van der Waals surface area (Å²) in [6.07, 6.45) is 0.278. The van der Waals surface area contributed by atoms with Crippen LogP contribution in [-0.2, 0) is 11.2 Å². The van der Waals surface area contributed by atoms with Crippen LogP contribution in [0.4, 0.5) is 5.82 Å². The van der Waals surface area contributed by atoms with Crippen LogP contribution in [0, 0.1) is 13.8 Å². The zero-order valence-electron chi connectivity index (χ0n) is 8.82. The highest BCUT2D eigenvalue weighted by atomic mass is 16.4. The lowest BCUT2D eigenvalue weighted by molar-refractivity contribution is -0.138. The van der Waals surface area contributed by atoms with Crippen molar-refractivity contribution in [2.45, 2.75) is 26.3 Å². The zero-order chi connectivity index (χ0) is 11.6. The molecule has 15 heavy (non-hydrogen) atoms. The van der Waals surface area contributed by atoms with Crippen LogP contribution >= 0.6 is 0 Å². The lowest BCUT2D eigenvalue weighted by atomic mass is 10.0. The van der Waals surface area contributed by atoms with E-state index in [1.807, 2.05) is 6.92 Å². The lowest BCUT2D eigenvalue weighted by Gasteiger charge is -2.12. The Kier molecular flexibility index (Phi) is 3.26. The largest absolute Gasteiger partial charge is 0.480 e. The number of nitrogen functional groups attached to an aromatic ring is 1. The number of aryl methyl sites for hydroxylation is 2. The second-order valence-electron chi connectivity index (χ2n) is 3.58. The Balaban J connectivity index is 3.00. The van der Waals surface area contributed by atoms with Gasteiger partial charge in [-0.05, 0) is 31.0 Å². The van der Waals surface area contributed by atoms with Gasteiger partial charge in [0.05, 0.1) is 0 Å². The SMILES string of the molecule is Cc1cc(N)nc(C)c1C[C@@H](N)C(=O)O. The smallest absolute Gasteiger partial charge is 0.320 e. The first-order valence-electron chi connectivity index (χ1n) is 4.62. The van der Waals surface area contributed by atoms with Gasteiger partial charge in [0.15, 0.2) is 0 Å².